The molecule has 40 heavy (non-hydrogen) atoms. The van der Waals surface area contributed by atoms with E-state index in [4.69, 9.17) is 23.9 Å². The summed E-state index contributed by atoms with van der Waals surface area (Å²) in [6, 6.07) is 11.7. The minimum Gasteiger partial charge on any atom is -0.496 e. The van der Waals surface area contributed by atoms with Gasteiger partial charge in [-0.3, -0.25) is 4.79 Å². The highest BCUT2D eigenvalue weighted by molar-refractivity contribution is 7.09. The fraction of sp³-hybridized carbons (Fsp3) is 0.367. The molecule has 2 aliphatic rings. The van der Waals surface area contributed by atoms with Crippen LogP contribution in [0.5, 0.6) is 23.0 Å². The van der Waals surface area contributed by atoms with E-state index in [1.165, 1.54) is 0 Å². The van der Waals surface area contributed by atoms with Gasteiger partial charge in [0, 0.05) is 42.5 Å². The minimum atomic E-state index is -0.00644. The van der Waals surface area contributed by atoms with Crippen LogP contribution in [0.15, 0.2) is 41.8 Å². The van der Waals surface area contributed by atoms with Crippen molar-refractivity contribution in [3.05, 3.63) is 63.6 Å². The van der Waals surface area contributed by atoms with Crippen molar-refractivity contribution in [3.8, 4) is 23.0 Å². The van der Waals surface area contributed by atoms with Gasteiger partial charge in [-0.15, -0.1) is 11.3 Å². The number of hydrogen-bond donors (Lipinski definition) is 0. The second kappa shape index (κ2) is 11.2. The molecule has 0 N–H and O–H groups in total. The molecule has 4 aromatic rings. The van der Waals surface area contributed by atoms with E-state index in [0.29, 0.717) is 30.3 Å². The minimum absolute atomic E-state index is 0.00644. The number of benzene rings is 2. The van der Waals surface area contributed by atoms with Crippen molar-refractivity contribution in [2.24, 2.45) is 0 Å². The number of thiazole rings is 1. The molecule has 9 nitrogen and oxygen atoms in total. The molecule has 0 unspecified atom stereocenters. The molecule has 0 bridgehead atoms. The Balaban J connectivity index is 1.41. The van der Waals surface area contributed by atoms with Gasteiger partial charge in [-0.1, -0.05) is 6.07 Å². The molecule has 0 radical (unpaired) electrons. The number of aromatic nitrogens is 2. The Morgan fingerprint density at radius 2 is 1.77 bits per heavy atom. The summed E-state index contributed by atoms with van der Waals surface area (Å²) in [6.07, 6.45) is 2.45. The quantitative estimate of drug-likeness (QED) is 0.279. The van der Waals surface area contributed by atoms with E-state index in [-0.39, 0.29) is 19.1 Å². The van der Waals surface area contributed by atoms with Crippen LogP contribution < -0.4 is 23.8 Å². The number of ether oxygens (including phenoxy) is 4. The van der Waals surface area contributed by atoms with Crippen LogP contribution in [0.1, 0.15) is 34.7 Å². The van der Waals surface area contributed by atoms with Crippen LogP contribution >= 0.6 is 11.3 Å². The molecule has 2 aromatic carbocycles. The number of carbonyl (C=O) groups is 1. The first-order valence-electron chi connectivity index (χ1n) is 13.4. The molecule has 4 heterocycles. The number of rotatable bonds is 9. The lowest BCUT2D eigenvalue weighted by atomic mass is 10.1. The highest BCUT2D eigenvalue weighted by Gasteiger charge is 2.25. The van der Waals surface area contributed by atoms with Crippen molar-refractivity contribution in [1.29, 1.82) is 0 Å². The number of hydrogen-bond acceptors (Lipinski definition) is 9. The lowest BCUT2D eigenvalue weighted by Crippen LogP contribution is -2.32. The van der Waals surface area contributed by atoms with Gasteiger partial charge < -0.3 is 28.7 Å². The Bertz CT molecular complexity index is 1550. The van der Waals surface area contributed by atoms with Crippen LogP contribution in [-0.2, 0) is 24.3 Å². The Kier molecular flexibility index (Phi) is 7.34. The van der Waals surface area contributed by atoms with E-state index in [0.717, 1.165) is 70.2 Å². The van der Waals surface area contributed by atoms with Gasteiger partial charge in [0.1, 0.15) is 22.8 Å². The van der Waals surface area contributed by atoms with Gasteiger partial charge in [0.25, 0.3) is 0 Å². The van der Waals surface area contributed by atoms with Gasteiger partial charge in [-0.05, 0) is 55.7 Å². The van der Waals surface area contributed by atoms with Crippen LogP contribution in [0, 0.1) is 6.92 Å². The lowest BCUT2D eigenvalue weighted by molar-refractivity contribution is -0.131. The number of carbonyl (C=O) groups excluding carboxylic acids is 1. The van der Waals surface area contributed by atoms with Gasteiger partial charge in [-0.2, -0.15) is 0 Å². The molecule has 1 fully saturated rings. The highest BCUT2D eigenvalue weighted by Crippen LogP contribution is 2.37. The third kappa shape index (κ3) is 5.23. The van der Waals surface area contributed by atoms with Crippen LogP contribution in [0.25, 0.3) is 10.9 Å². The Hall–Kier alpha value is -4.05. The van der Waals surface area contributed by atoms with Gasteiger partial charge in [0.2, 0.25) is 12.7 Å². The van der Waals surface area contributed by atoms with Crippen LogP contribution in [-0.4, -0.2) is 54.9 Å². The van der Waals surface area contributed by atoms with Crippen LogP contribution in [0.3, 0.4) is 0 Å². The molecule has 1 saturated heterocycles. The largest absolute Gasteiger partial charge is 0.496 e. The molecule has 2 aromatic heterocycles. The fourth-order valence-corrected chi connectivity index (χ4v) is 5.97. The summed E-state index contributed by atoms with van der Waals surface area (Å²) >= 11 is 1.55. The fourth-order valence-electron chi connectivity index (χ4n) is 5.36. The maximum atomic E-state index is 13.8. The predicted octanol–water partition coefficient (Wildman–Crippen LogP) is 5.12. The van der Waals surface area contributed by atoms with Crippen molar-refractivity contribution in [1.82, 2.24) is 14.9 Å². The maximum absolute atomic E-state index is 13.8. The van der Waals surface area contributed by atoms with Crippen LogP contribution in [0.2, 0.25) is 0 Å². The number of methoxy groups -OCH3 is 2. The van der Waals surface area contributed by atoms with Gasteiger partial charge in [0.15, 0.2) is 11.5 Å². The molecule has 0 spiro atoms. The summed E-state index contributed by atoms with van der Waals surface area (Å²) in [5.74, 6) is 3.69. The second-order valence-electron chi connectivity index (χ2n) is 10.0. The molecule has 6 rings (SSSR count). The standard InChI is InChI=1S/C30H32N4O5S/c1-19-31-22(17-40-19)14-28(35)34(15-20-6-7-25-27(12-20)39-18-38-25)16-21-13-23-24(36-2)8-9-26(37-3)29(23)32-30(21)33-10-4-5-11-33/h6-9,12-13,17H,4-5,10-11,14-16,18H2,1-3H3. The normalized spacial score (nSPS) is 14.1. The first-order valence-corrected chi connectivity index (χ1v) is 14.3. The number of nitrogens with zero attached hydrogens (tertiary/aromatic N) is 4. The smallest absolute Gasteiger partial charge is 0.231 e. The molecule has 2 aliphatic heterocycles. The zero-order valence-corrected chi connectivity index (χ0v) is 23.8. The number of amides is 1. The summed E-state index contributed by atoms with van der Waals surface area (Å²) in [6.45, 7) is 4.79. The molecule has 0 aliphatic carbocycles. The monoisotopic (exact) mass is 560 g/mol. The molecule has 10 heteroatoms. The zero-order chi connectivity index (χ0) is 27.6. The van der Waals surface area contributed by atoms with Crippen molar-refractivity contribution in [2.45, 2.75) is 39.3 Å². The van der Waals surface area contributed by atoms with E-state index in [1.54, 1.807) is 25.6 Å². The summed E-state index contributed by atoms with van der Waals surface area (Å²) in [5.41, 5.74) is 3.46. The number of fused-ring (bicyclic) bond motifs is 2. The number of anilines is 1. The van der Waals surface area contributed by atoms with E-state index in [1.807, 2.05) is 47.5 Å². The average molecular weight is 561 g/mol. The van der Waals surface area contributed by atoms with Crippen molar-refractivity contribution in [3.63, 3.8) is 0 Å². The van der Waals surface area contributed by atoms with E-state index in [9.17, 15) is 4.79 Å². The van der Waals surface area contributed by atoms with E-state index >= 15 is 0 Å². The van der Waals surface area contributed by atoms with Crippen molar-refractivity contribution < 1.29 is 23.7 Å². The van der Waals surface area contributed by atoms with Crippen molar-refractivity contribution >= 4 is 34.0 Å². The average Bonchev–Trinajstić information content (AvgIpc) is 3.74. The van der Waals surface area contributed by atoms with Gasteiger partial charge in [-0.25, -0.2) is 9.97 Å². The molecule has 0 saturated carbocycles. The maximum Gasteiger partial charge on any atom is 0.231 e. The molecule has 0 atom stereocenters. The Morgan fingerprint density at radius 1 is 1.00 bits per heavy atom. The third-order valence-electron chi connectivity index (χ3n) is 7.33. The topological polar surface area (TPSA) is 86.3 Å². The molecule has 208 valence electrons. The summed E-state index contributed by atoms with van der Waals surface area (Å²) in [5, 5.41) is 3.75. The zero-order valence-electron chi connectivity index (χ0n) is 22.9. The van der Waals surface area contributed by atoms with E-state index < -0.39 is 0 Å². The van der Waals surface area contributed by atoms with E-state index in [2.05, 4.69) is 16.0 Å². The highest BCUT2D eigenvalue weighted by atomic mass is 32.1. The third-order valence-corrected chi connectivity index (χ3v) is 8.15. The number of pyridine rings is 1. The lowest BCUT2D eigenvalue weighted by Gasteiger charge is -2.27. The molecular formula is C30H32N4O5S. The summed E-state index contributed by atoms with van der Waals surface area (Å²) in [7, 11) is 3.30. The first kappa shape index (κ1) is 26.2. The van der Waals surface area contributed by atoms with Crippen molar-refractivity contribution in [2.75, 3.05) is 39.0 Å². The predicted molar refractivity (Wildman–Crippen MR) is 154 cm³/mol. The van der Waals surface area contributed by atoms with Gasteiger partial charge >= 0.3 is 0 Å². The second-order valence-corrected chi connectivity index (χ2v) is 11.1. The summed E-state index contributed by atoms with van der Waals surface area (Å²) < 4.78 is 22.5. The van der Waals surface area contributed by atoms with Gasteiger partial charge in [0.05, 0.1) is 31.3 Å². The Morgan fingerprint density at radius 3 is 2.52 bits per heavy atom. The molecular weight excluding hydrogens is 528 g/mol. The SMILES string of the molecule is COc1ccc(OC)c2nc(N3CCCC3)c(CN(Cc3ccc4c(c3)OCO4)C(=O)Cc3csc(C)n3)cc12. The molecule has 1 amide bonds. The number of aryl methyl sites for hydroxylation is 1. The summed E-state index contributed by atoms with van der Waals surface area (Å²) in [4.78, 5) is 27.7. The Labute approximate surface area is 237 Å². The van der Waals surface area contributed by atoms with Crippen LogP contribution in [0.4, 0.5) is 5.82 Å². The first-order chi connectivity index (χ1) is 19.5.